The molecule has 0 aromatic heterocycles. The SMILES string of the molecule is CC(C)(C)C1=[C-]C(C(C)(C)C)=CC1.[Cl-].[Cl-].[Hf]. The zero-order valence-electron chi connectivity index (χ0n) is 11.0. The van der Waals surface area contributed by atoms with E-state index in [1.54, 1.807) is 0 Å². The maximum Gasteiger partial charge on any atom is 0 e. The summed E-state index contributed by atoms with van der Waals surface area (Å²) in [7, 11) is 0. The van der Waals surface area contributed by atoms with E-state index in [0.29, 0.717) is 0 Å². The first-order valence-corrected chi connectivity index (χ1v) is 5.05. The van der Waals surface area contributed by atoms with Crippen LogP contribution in [0.25, 0.3) is 0 Å². The molecule has 3 heteroatoms. The summed E-state index contributed by atoms with van der Waals surface area (Å²) in [6, 6.07) is 0. The van der Waals surface area contributed by atoms with Crippen LogP contribution in [0.5, 0.6) is 0 Å². The summed E-state index contributed by atoms with van der Waals surface area (Å²) in [5.41, 5.74) is 3.35. The van der Waals surface area contributed by atoms with E-state index in [1.165, 1.54) is 11.1 Å². The quantitative estimate of drug-likeness (QED) is 0.315. The van der Waals surface area contributed by atoms with Crippen LogP contribution in [-0.4, -0.2) is 0 Å². The van der Waals surface area contributed by atoms with Gasteiger partial charge in [0.05, 0.1) is 0 Å². The molecule has 0 atom stereocenters. The van der Waals surface area contributed by atoms with Gasteiger partial charge in [-0.3, -0.25) is 0 Å². The van der Waals surface area contributed by atoms with Gasteiger partial charge in [-0.05, 0) is 10.8 Å². The molecule has 0 radical (unpaired) electrons. The van der Waals surface area contributed by atoms with Crippen molar-refractivity contribution in [2.24, 2.45) is 10.8 Å². The molecule has 0 aliphatic heterocycles. The predicted molar refractivity (Wildman–Crippen MR) is 58.4 cm³/mol. The van der Waals surface area contributed by atoms with Crippen LogP contribution in [0.3, 0.4) is 0 Å². The number of halogens is 2. The Morgan fingerprint density at radius 2 is 1.38 bits per heavy atom. The molecule has 0 aromatic rings. The summed E-state index contributed by atoms with van der Waals surface area (Å²) in [5.74, 6) is 0. The third-order valence-electron chi connectivity index (χ3n) is 2.51. The third-order valence-corrected chi connectivity index (χ3v) is 2.51. The third kappa shape index (κ3) is 6.02. The molecule has 0 saturated heterocycles. The first kappa shape index (κ1) is 22.1. The van der Waals surface area contributed by atoms with Crippen molar-refractivity contribution in [3.05, 3.63) is 23.3 Å². The van der Waals surface area contributed by atoms with Crippen LogP contribution in [0.4, 0.5) is 0 Å². The molecule has 16 heavy (non-hydrogen) atoms. The summed E-state index contributed by atoms with van der Waals surface area (Å²) >= 11 is 0. The molecule has 0 unspecified atom stereocenters. The molecule has 1 aliphatic rings. The molecule has 0 N–H and O–H groups in total. The summed E-state index contributed by atoms with van der Waals surface area (Å²) in [6.45, 7) is 13.5. The van der Waals surface area contributed by atoms with Crippen molar-refractivity contribution >= 4 is 0 Å². The van der Waals surface area contributed by atoms with E-state index >= 15 is 0 Å². The number of rotatable bonds is 0. The first-order valence-electron chi connectivity index (χ1n) is 5.05. The molecule has 0 heterocycles. The second kappa shape index (κ2) is 7.38. The van der Waals surface area contributed by atoms with Crippen LogP contribution in [0.1, 0.15) is 48.0 Å². The van der Waals surface area contributed by atoms with Gasteiger partial charge in [-0.1, -0.05) is 48.0 Å². The fourth-order valence-electron chi connectivity index (χ4n) is 1.46. The molecule has 1 rings (SSSR count). The second-order valence-electron chi connectivity index (χ2n) is 5.93. The minimum atomic E-state index is 0. The molecule has 94 valence electrons. The fourth-order valence-corrected chi connectivity index (χ4v) is 1.46. The molecule has 0 spiro atoms. The van der Waals surface area contributed by atoms with E-state index in [1.807, 2.05) is 0 Å². The Morgan fingerprint density at radius 1 is 0.938 bits per heavy atom. The number of allylic oxidation sites excluding steroid dienone is 4. The van der Waals surface area contributed by atoms with Crippen molar-refractivity contribution < 1.29 is 50.7 Å². The van der Waals surface area contributed by atoms with E-state index < -0.39 is 0 Å². The van der Waals surface area contributed by atoms with Gasteiger partial charge in [0.25, 0.3) is 0 Å². The van der Waals surface area contributed by atoms with Crippen LogP contribution in [0.15, 0.2) is 17.2 Å². The van der Waals surface area contributed by atoms with Gasteiger partial charge in [-0.2, -0.15) is 5.57 Å². The summed E-state index contributed by atoms with van der Waals surface area (Å²) in [4.78, 5) is 0. The zero-order valence-corrected chi connectivity index (χ0v) is 16.1. The Balaban J connectivity index is -0.000000563. The maximum atomic E-state index is 3.55. The van der Waals surface area contributed by atoms with Crippen LogP contribution in [0, 0.1) is 16.9 Å². The molecular formula is C13H21Cl2Hf-3. The van der Waals surface area contributed by atoms with Gasteiger partial charge < -0.3 is 24.8 Å². The van der Waals surface area contributed by atoms with Crippen molar-refractivity contribution in [1.82, 2.24) is 0 Å². The van der Waals surface area contributed by atoms with Crippen LogP contribution >= 0.6 is 0 Å². The summed E-state index contributed by atoms with van der Waals surface area (Å²) < 4.78 is 0. The normalized spacial score (nSPS) is 15.1. The number of hydrogen-bond donors (Lipinski definition) is 0. The Kier molecular flexibility index (Phi) is 10.2. The van der Waals surface area contributed by atoms with Gasteiger partial charge in [-0.25, -0.2) is 17.7 Å². The van der Waals surface area contributed by atoms with E-state index in [2.05, 4.69) is 53.7 Å². The zero-order chi connectivity index (χ0) is 10.3. The average molecular weight is 427 g/mol. The predicted octanol–water partition coefficient (Wildman–Crippen LogP) is -1.86. The van der Waals surface area contributed by atoms with Crippen molar-refractivity contribution in [2.75, 3.05) is 0 Å². The van der Waals surface area contributed by atoms with Gasteiger partial charge in [0.2, 0.25) is 0 Å². The van der Waals surface area contributed by atoms with Crippen LogP contribution in [-0.2, 0) is 25.8 Å². The van der Waals surface area contributed by atoms with Crippen molar-refractivity contribution in [2.45, 2.75) is 48.0 Å². The Morgan fingerprint density at radius 3 is 1.56 bits per heavy atom. The van der Waals surface area contributed by atoms with E-state index in [0.717, 1.165) is 6.42 Å². The molecule has 0 bridgehead atoms. The van der Waals surface area contributed by atoms with Crippen molar-refractivity contribution in [3.8, 4) is 0 Å². The van der Waals surface area contributed by atoms with Gasteiger partial charge in [-0.15, -0.1) is 0 Å². The Labute approximate surface area is 132 Å². The first-order chi connectivity index (χ1) is 5.71. The molecule has 0 nitrogen and oxygen atoms in total. The molecule has 0 aromatic carbocycles. The molecule has 0 amide bonds. The van der Waals surface area contributed by atoms with Gasteiger partial charge in [0.1, 0.15) is 0 Å². The van der Waals surface area contributed by atoms with E-state index in [4.69, 9.17) is 0 Å². The van der Waals surface area contributed by atoms with E-state index in [-0.39, 0.29) is 61.5 Å². The monoisotopic (exact) mass is 427 g/mol. The van der Waals surface area contributed by atoms with Crippen LogP contribution < -0.4 is 24.8 Å². The molecular weight excluding hydrogens is 406 g/mol. The average Bonchev–Trinajstić information content (AvgIpc) is 2.28. The molecule has 0 fully saturated rings. The second-order valence-corrected chi connectivity index (χ2v) is 5.93. The van der Waals surface area contributed by atoms with Gasteiger partial charge >= 0.3 is 0 Å². The van der Waals surface area contributed by atoms with Crippen LogP contribution in [0.2, 0.25) is 0 Å². The minimum Gasteiger partial charge on any atom is -1.00 e. The summed E-state index contributed by atoms with van der Waals surface area (Å²) in [5, 5.41) is 0. The minimum absolute atomic E-state index is 0. The topological polar surface area (TPSA) is 0 Å². The van der Waals surface area contributed by atoms with E-state index in [9.17, 15) is 0 Å². The van der Waals surface area contributed by atoms with Gasteiger partial charge in [0, 0.05) is 25.8 Å². The number of hydrogen-bond acceptors (Lipinski definition) is 0. The van der Waals surface area contributed by atoms with Crippen molar-refractivity contribution in [1.29, 1.82) is 0 Å². The maximum absolute atomic E-state index is 3.55. The fraction of sp³-hybridized carbons (Fsp3) is 0.692. The summed E-state index contributed by atoms with van der Waals surface area (Å²) in [6.07, 6.45) is 6.96. The Bertz CT molecular complexity index is 265. The smallest absolute Gasteiger partial charge is 0 e. The van der Waals surface area contributed by atoms with Gasteiger partial charge in [0.15, 0.2) is 0 Å². The van der Waals surface area contributed by atoms with Crippen molar-refractivity contribution in [3.63, 3.8) is 0 Å². The largest absolute Gasteiger partial charge is 1.00 e. The Hall–Kier alpha value is 0.930. The standard InChI is InChI=1S/C13H21.2ClH.Hf/c1-12(2,3)10-7-8-11(9-10)13(4,5)6;;;/h7H,8H2,1-6H3;2*1H;/q-1;;;/p-2. The molecule has 1 aliphatic carbocycles. The molecule has 0 saturated carbocycles.